The number of aliphatic carboxylic acids is 1. The van der Waals surface area contributed by atoms with Gasteiger partial charge in [-0.1, -0.05) is 20.8 Å². The van der Waals surface area contributed by atoms with E-state index in [4.69, 9.17) is 10.8 Å². The Morgan fingerprint density at radius 2 is 1.81 bits per heavy atom. The van der Waals surface area contributed by atoms with Gasteiger partial charge in [0.1, 0.15) is 0 Å². The fourth-order valence-electron chi connectivity index (χ4n) is 1.48. The highest BCUT2D eigenvalue weighted by molar-refractivity contribution is 5.70. The van der Waals surface area contributed by atoms with Gasteiger partial charge in [-0.25, -0.2) is 0 Å². The summed E-state index contributed by atoms with van der Waals surface area (Å²) in [5.41, 5.74) is 5.96. The molecule has 4 heteroatoms. The number of nitrogens with zero attached hydrogens (tertiary/aromatic N) is 1. The van der Waals surface area contributed by atoms with E-state index >= 15 is 0 Å². The molecule has 0 fully saturated rings. The summed E-state index contributed by atoms with van der Waals surface area (Å²) in [5.74, 6) is -0.617. The molecule has 0 aliphatic carbocycles. The van der Waals surface area contributed by atoms with Gasteiger partial charge >= 0.3 is 5.97 Å². The Labute approximate surface area is 98.8 Å². The Morgan fingerprint density at radius 3 is 2.19 bits per heavy atom. The zero-order valence-corrected chi connectivity index (χ0v) is 11.1. The van der Waals surface area contributed by atoms with E-state index in [-0.39, 0.29) is 18.0 Å². The van der Waals surface area contributed by atoms with Crippen LogP contribution in [0, 0.1) is 11.8 Å². The maximum atomic E-state index is 10.8. The molecule has 4 nitrogen and oxygen atoms in total. The maximum absolute atomic E-state index is 10.8. The molecule has 0 saturated heterocycles. The summed E-state index contributed by atoms with van der Waals surface area (Å²) in [6.45, 7) is 8.74. The third kappa shape index (κ3) is 4.94. The summed E-state index contributed by atoms with van der Waals surface area (Å²) in [7, 11) is 1.96. The van der Waals surface area contributed by atoms with Gasteiger partial charge in [-0.05, 0) is 32.9 Å². The van der Waals surface area contributed by atoms with Crippen LogP contribution in [-0.4, -0.2) is 41.7 Å². The first kappa shape index (κ1) is 15.4. The molecule has 0 aliphatic rings. The van der Waals surface area contributed by atoms with E-state index in [2.05, 4.69) is 18.7 Å². The van der Waals surface area contributed by atoms with Gasteiger partial charge in [0.25, 0.3) is 0 Å². The van der Waals surface area contributed by atoms with Crippen molar-refractivity contribution in [3.05, 3.63) is 0 Å². The average molecular weight is 230 g/mol. The van der Waals surface area contributed by atoms with Crippen LogP contribution in [0.25, 0.3) is 0 Å². The van der Waals surface area contributed by atoms with Crippen LogP contribution in [0.3, 0.4) is 0 Å². The lowest BCUT2D eigenvalue weighted by Gasteiger charge is -2.29. The number of carbonyl (C=O) groups is 1. The third-order valence-electron chi connectivity index (χ3n) is 3.48. The van der Waals surface area contributed by atoms with Gasteiger partial charge in [0.2, 0.25) is 0 Å². The van der Waals surface area contributed by atoms with E-state index in [1.807, 2.05) is 14.0 Å². The first-order valence-corrected chi connectivity index (χ1v) is 5.96. The zero-order chi connectivity index (χ0) is 12.9. The summed E-state index contributed by atoms with van der Waals surface area (Å²) < 4.78 is 0. The van der Waals surface area contributed by atoms with E-state index < -0.39 is 5.97 Å². The normalized spacial score (nSPS) is 17.5. The number of hydrogen-bond donors (Lipinski definition) is 2. The standard InChI is InChI=1S/C12H26N2O2/c1-8(2)11(13)6-7-14(5)10(4)9(3)12(15)16/h8-11H,6-7,13H2,1-5H3,(H,15,16). The fourth-order valence-corrected chi connectivity index (χ4v) is 1.48. The predicted molar refractivity (Wildman–Crippen MR) is 66.3 cm³/mol. The van der Waals surface area contributed by atoms with Crippen LogP contribution >= 0.6 is 0 Å². The molecule has 96 valence electrons. The van der Waals surface area contributed by atoms with Gasteiger partial charge < -0.3 is 15.7 Å². The number of hydrogen-bond acceptors (Lipinski definition) is 3. The van der Waals surface area contributed by atoms with Crippen LogP contribution < -0.4 is 5.73 Å². The summed E-state index contributed by atoms with van der Waals surface area (Å²) >= 11 is 0. The lowest BCUT2D eigenvalue weighted by atomic mass is 9.99. The molecular weight excluding hydrogens is 204 g/mol. The first-order valence-electron chi connectivity index (χ1n) is 5.96. The van der Waals surface area contributed by atoms with Crippen molar-refractivity contribution in [2.24, 2.45) is 17.6 Å². The Hall–Kier alpha value is -0.610. The topological polar surface area (TPSA) is 66.6 Å². The zero-order valence-electron chi connectivity index (χ0n) is 11.1. The Bertz CT molecular complexity index is 219. The minimum Gasteiger partial charge on any atom is -0.481 e. The number of nitrogens with two attached hydrogens (primary N) is 1. The van der Waals surface area contributed by atoms with Crippen LogP contribution in [-0.2, 0) is 4.79 Å². The van der Waals surface area contributed by atoms with Gasteiger partial charge in [0.15, 0.2) is 0 Å². The largest absolute Gasteiger partial charge is 0.481 e. The van der Waals surface area contributed by atoms with Crippen LogP contribution in [0.2, 0.25) is 0 Å². The summed E-state index contributed by atoms with van der Waals surface area (Å²) in [4.78, 5) is 12.9. The van der Waals surface area contributed by atoms with Crippen molar-refractivity contribution in [1.82, 2.24) is 4.90 Å². The molecule has 0 saturated carbocycles. The highest BCUT2D eigenvalue weighted by atomic mass is 16.4. The maximum Gasteiger partial charge on any atom is 0.307 e. The molecule has 0 heterocycles. The number of carboxylic acid groups (broad SMARTS) is 1. The van der Waals surface area contributed by atoms with Crippen LogP contribution in [0.5, 0.6) is 0 Å². The second-order valence-corrected chi connectivity index (χ2v) is 5.04. The minimum absolute atomic E-state index is 0.0388. The van der Waals surface area contributed by atoms with Crippen molar-refractivity contribution in [2.75, 3.05) is 13.6 Å². The van der Waals surface area contributed by atoms with E-state index in [1.54, 1.807) is 6.92 Å². The molecule has 0 aromatic rings. The molecule has 0 aliphatic heterocycles. The third-order valence-corrected chi connectivity index (χ3v) is 3.48. The second kappa shape index (κ2) is 6.86. The predicted octanol–water partition coefficient (Wildman–Crippen LogP) is 1.40. The summed E-state index contributed by atoms with van der Waals surface area (Å²) in [6.07, 6.45) is 0.908. The molecule has 0 aromatic heterocycles. The first-order chi connectivity index (χ1) is 7.27. The SMILES string of the molecule is CC(C)C(N)CCN(C)C(C)C(C)C(=O)O. The van der Waals surface area contributed by atoms with Crippen molar-refractivity contribution in [3.63, 3.8) is 0 Å². The van der Waals surface area contributed by atoms with Crippen molar-refractivity contribution in [2.45, 2.75) is 46.2 Å². The second-order valence-electron chi connectivity index (χ2n) is 5.04. The van der Waals surface area contributed by atoms with Gasteiger partial charge in [-0.2, -0.15) is 0 Å². The molecular formula is C12H26N2O2. The lowest BCUT2D eigenvalue weighted by molar-refractivity contribution is -0.143. The lowest BCUT2D eigenvalue weighted by Crippen LogP contribution is -2.40. The Balaban J connectivity index is 4.06. The van der Waals surface area contributed by atoms with Crippen molar-refractivity contribution in [1.29, 1.82) is 0 Å². The molecule has 3 atom stereocenters. The highest BCUT2D eigenvalue weighted by Gasteiger charge is 2.23. The number of carboxylic acids is 1. The van der Waals surface area contributed by atoms with Gasteiger partial charge in [0.05, 0.1) is 5.92 Å². The highest BCUT2D eigenvalue weighted by Crippen LogP contribution is 2.11. The molecule has 0 spiro atoms. The molecule has 0 amide bonds. The van der Waals surface area contributed by atoms with Gasteiger partial charge in [-0.15, -0.1) is 0 Å². The molecule has 3 N–H and O–H groups in total. The molecule has 0 rings (SSSR count). The van der Waals surface area contributed by atoms with Crippen LogP contribution in [0.15, 0.2) is 0 Å². The van der Waals surface area contributed by atoms with Crippen molar-refractivity contribution in [3.8, 4) is 0 Å². The van der Waals surface area contributed by atoms with Crippen LogP contribution in [0.4, 0.5) is 0 Å². The smallest absolute Gasteiger partial charge is 0.307 e. The Morgan fingerprint density at radius 1 is 1.31 bits per heavy atom. The monoisotopic (exact) mass is 230 g/mol. The summed E-state index contributed by atoms with van der Waals surface area (Å²) in [5, 5.41) is 8.92. The van der Waals surface area contributed by atoms with E-state index in [0.29, 0.717) is 5.92 Å². The number of rotatable bonds is 7. The molecule has 3 unspecified atom stereocenters. The quantitative estimate of drug-likeness (QED) is 0.694. The molecule has 0 bridgehead atoms. The molecule has 16 heavy (non-hydrogen) atoms. The van der Waals surface area contributed by atoms with E-state index in [9.17, 15) is 4.79 Å². The van der Waals surface area contributed by atoms with Gasteiger partial charge in [0, 0.05) is 12.1 Å². The molecule has 0 aromatic carbocycles. The van der Waals surface area contributed by atoms with E-state index in [0.717, 1.165) is 13.0 Å². The van der Waals surface area contributed by atoms with Crippen LogP contribution in [0.1, 0.15) is 34.1 Å². The van der Waals surface area contributed by atoms with Gasteiger partial charge in [-0.3, -0.25) is 4.79 Å². The summed E-state index contributed by atoms with van der Waals surface area (Å²) in [6, 6.07) is 0.228. The van der Waals surface area contributed by atoms with E-state index in [1.165, 1.54) is 0 Å². The Kier molecular flexibility index (Phi) is 6.60. The van der Waals surface area contributed by atoms with Crippen molar-refractivity contribution < 1.29 is 9.90 Å². The average Bonchev–Trinajstić information content (AvgIpc) is 2.22. The minimum atomic E-state index is -0.743. The van der Waals surface area contributed by atoms with Crippen molar-refractivity contribution >= 4 is 5.97 Å². The fraction of sp³-hybridized carbons (Fsp3) is 0.917. The molecule has 0 radical (unpaired) electrons.